The highest BCUT2D eigenvalue weighted by atomic mass is 32.1. The Morgan fingerprint density at radius 3 is 2.22 bits per heavy atom. The van der Waals surface area contributed by atoms with Crippen LogP contribution in [0.2, 0.25) is 0 Å². The zero-order valence-electron chi connectivity index (χ0n) is 23.1. The number of carbonyl (C=O) groups excluding carboxylic acids is 2. The molecule has 0 spiro atoms. The molecule has 2 atom stereocenters. The molecular formula is C31H44N2O2S. The Hall–Kier alpha value is -2.79. The molecule has 2 aromatic carbocycles. The number of allylic oxidation sites excluding steroid dienone is 3. The van der Waals surface area contributed by atoms with Crippen LogP contribution in [0.25, 0.3) is 0 Å². The van der Waals surface area contributed by atoms with Crippen molar-refractivity contribution in [1.82, 2.24) is 0 Å². The van der Waals surface area contributed by atoms with Crippen molar-refractivity contribution >= 4 is 35.8 Å². The first-order valence-electron chi connectivity index (χ1n) is 13.1. The van der Waals surface area contributed by atoms with Crippen LogP contribution in [-0.4, -0.2) is 24.1 Å². The topological polar surface area (TPSA) is 40.6 Å². The Balaban J connectivity index is 0.00000154. The number of nitrogens with zero attached hydrogens (tertiary/aromatic N) is 2. The van der Waals surface area contributed by atoms with Crippen LogP contribution in [0, 0.1) is 0 Å². The minimum Gasteiger partial charge on any atom is -0.305 e. The third kappa shape index (κ3) is 7.60. The molecule has 2 unspecified atom stereocenters. The maximum absolute atomic E-state index is 13.5. The third-order valence-electron chi connectivity index (χ3n) is 6.00. The van der Waals surface area contributed by atoms with Crippen molar-refractivity contribution in [2.75, 3.05) is 16.1 Å². The van der Waals surface area contributed by atoms with Gasteiger partial charge in [-0.05, 0) is 63.1 Å². The van der Waals surface area contributed by atoms with E-state index in [1.807, 2.05) is 111 Å². The predicted octanol–water partition coefficient (Wildman–Crippen LogP) is 8.17. The van der Waals surface area contributed by atoms with E-state index in [-0.39, 0.29) is 23.9 Å². The van der Waals surface area contributed by atoms with Gasteiger partial charge in [0.2, 0.25) is 5.91 Å². The molecule has 2 amide bonds. The van der Waals surface area contributed by atoms with Gasteiger partial charge in [-0.15, -0.1) is 0 Å². The van der Waals surface area contributed by atoms with Crippen molar-refractivity contribution in [3.63, 3.8) is 0 Å². The van der Waals surface area contributed by atoms with Crippen LogP contribution in [-0.2, 0) is 9.59 Å². The quantitative estimate of drug-likeness (QED) is 0.233. The summed E-state index contributed by atoms with van der Waals surface area (Å²) in [5.41, 5.74) is 3.60. The molecule has 3 rings (SSSR count). The molecule has 36 heavy (non-hydrogen) atoms. The second-order valence-electron chi connectivity index (χ2n) is 8.26. The van der Waals surface area contributed by atoms with Crippen molar-refractivity contribution in [1.29, 1.82) is 0 Å². The van der Waals surface area contributed by atoms with E-state index in [0.29, 0.717) is 19.3 Å². The van der Waals surface area contributed by atoms with E-state index in [2.05, 4.69) is 25.6 Å². The monoisotopic (exact) mass is 508 g/mol. The van der Waals surface area contributed by atoms with Crippen LogP contribution in [0.5, 0.6) is 0 Å². The first kappa shape index (κ1) is 31.2. The molecule has 0 fully saturated rings. The fraction of sp³-hybridized carbons (Fsp3) is 0.419. The van der Waals surface area contributed by atoms with Crippen molar-refractivity contribution in [3.8, 4) is 0 Å². The zero-order chi connectivity index (χ0) is 27.1. The molecule has 0 radical (unpaired) electrons. The lowest BCUT2D eigenvalue weighted by molar-refractivity contribution is -0.119. The van der Waals surface area contributed by atoms with E-state index >= 15 is 0 Å². The number of rotatable bonds is 7. The van der Waals surface area contributed by atoms with Crippen LogP contribution in [0.15, 0.2) is 78.4 Å². The zero-order valence-corrected chi connectivity index (χ0v) is 24.0. The standard InChI is InChI=1S/C28H34N2O2.C2H6.CH4S/c1-5-8-15-22(7-3)28(32)29-21(4)20-26(24-18-12-13-19-25(24)29)30(27(31)14-6-2)23-16-10-9-11-17-23;2*1-2/h5,8-13,15-19,21,26H,6-7,14,20H2,1-4H3;1-2H3;2H,1H3/b8-5-,22-15+;;. The van der Waals surface area contributed by atoms with Gasteiger partial charge in [0.15, 0.2) is 0 Å². The van der Waals surface area contributed by atoms with E-state index < -0.39 is 0 Å². The van der Waals surface area contributed by atoms with Crippen LogP contribution < -0.4 is 9.80 Å². The normalized spacial score (nSPS) is 16.8. The van der Waals surface area contributed by atoms with Crippen molar-refractivity contribution in [2.45, 2.75) is 79.3 Å². The van der Waals surface area contributed by atoms with Gasteiger partial charge in [-0.1, -0.05) is 82.3 Å². The second kappa shape index (κ2) is 16.8. The fourth-order valence-electron chi connectivity index (χ4n) is 4.46. The molecule has 1 aliphatic heterocycles. The van der Waals surface area contributed by atoms with Crippen molar-refractivity contribution in [3.05, 3.63) is 84.0 Å². The number of thiol groups is 1. The second-order valence-corrected chi connectivity index (χ2v) is 8.26. The van der Waals surface area contributed by atoms with Gasteiger partial charge in [-0.2, -0.15) is 12.6 Å². The largest absolute Gasteiger partial charge is 0.305 e. The average molecular weight is 509 g/mol. The molecule has 1 heterocycles. The van der Waals surface area contributed by atoms with Gasteiger partial charge in [0.1, 0.15) is 0 Å². The summed E-state index contributed by atoms with van der Waals surface area (Å²) in [4.78, 5) is 30.7. The van der Waals surface area contributed by atoms with Gasteiger partial charge in [-0.25, -0.2) is 0 Å². The molecule has 2 aromatic rings. The first-order chi connectivity index (χ1) is 17.5. The lowest BCUT2D eigenvalue weighted by Crippen LogP contribution is -2.48. The van der Waals surface area contributed by atoms with Gasteiger partial charge in [0.25, 0.3) is 5.91 Å². The summed E-state index contributed by atoms with van der Waals surface area (Å²) >= 11 is 3.53. The molecule has 0 N–H and O–H groups in total. The van der Waals surface area contributed by atoms with E-state index in [9.17, 15) is 9.59 Å². The molecule has 0 bridgehead atoms. The number of benzene rings is 2. The highest BCUT2D eigenvalue weighted by Gasteiger charge is 2.38. The number of amides is 2. The smallest absolute Gasteiger partial charge is 0.254 e. The molecule has 0 aliphatic carbocycles. The molecule has 0 saturated heterocycles. The number of hydrogen-bond acceptors (Lipinski definition) is 3. The fourth-order valence-corrected chi connectivity index (χ4v) is 4.46. The molecule has 0 saturated carbocycles. The summed E-state index contributed by atoms with van der Waals surface area (Å²) in [5.74, 6) is 0.155. The Morgan fingerprint density at radius 2 is 1.64 bits per heavy atom. The molecule has 1 aliphatic rings. The minimum atomic E-state index is -0.115. The number of fused-ring (bicyclic) bond motifs is 1. The summed E-state index contributed by atoms with van der Waals surface area (Å²) in [7, 11) is 0. The van der Waals surface area contributed by atoms with E-state index in [1.165, 1.54) is 0 Å². The number of hydrogen-bond donors (Lipinski definition) is 1. The molecule has 5 heteroatoms. The van der Waals surface area contributed by atoms with Crippen LogP contribution in [0.4, 0.5) is 11.4 Å². The molecule has 196 valence electrons. The molecular weight excluding hydrogens is 464 g/mol. The summed E-state index contributed by atoms with van der Waals surface area (Å²) in [6.45, 7) is 12.1. The Kier molecular flexibility index (Phi) is 14.6. The van der Waals surface area contributed by atoms with E-state index in [0.717, 1.165) is 28.9 Å². The minimum absolute atomic E-state index is 0.0372. The van der Waals surface area contributed by atoms with Crippen LogP contribution in [0.3, 0.4) is 0 Å². The maximum Gasteiger partial charge on any atom is 0.254 e. The van der Waals surface area contributed by atoms with Crippen molar-refractivity contribution in [2.24, 2.45) is 0 Å². The Bertz CT molecular complexity index is 1000. The number of anilines is 2. The van der Waals surface area contributed by atoms with E-state index in [1.54, 1.807) is 6.26 Å². The molecule has 0 aromatic heterocycles. The van der Waals surface area contributed by atoms with Gasteiger partial charge >= 0.3 is 0 Å². The van der Waals surface area contributed by atoms with Gasteiger partial charge in [0.05, 0.1) is 6.04 Å². The summed E-state index contributed by atoms with van der Waals surface area (Å²) in [5, 5.41) is 0. The van der Waals surface area contributed by atoms with Crippen LogP contribution in [0.1, 0.15) is 78.8 Å². The lowest BCUT2D eigenvalue weighted by atomic mass is 9.89. The van der Waals surface area contributed by atoms with Gasteiger partial charge < -0.3 is 9.80 Å². The first-order valence-corrected chi connectivity index (χ1v) is 14.0. The highest BCUT2D eigenvalue weighted by Crippen LogP contribution is 2.43. The Labute approximate surface area is 224 Å². The van der Waals surface area contributed by atoms with Crippen LogP contribution >= 0.6 is 12.6 Å². The summed E-state index contributed by atoms with van der Waals surface area (Å²) in [6, 6.07) is 17.8. The Morgan fingerprint density at radius 1 is 1.03 bits per heavy atom. The molecule has 4 nitrogen and oxygen atoms in total. The summed E-state index contributed by atoms with van der Waals surface area (Å²) in [6.07, 6.45) is 10.1. The van der Waals surface area contributed by atoms with Gasteiger partial charge in [0, 0.05) is 29.4 Å². The van der Waals surface area contributed by atoms with Crippen molar-refractivity contribution < 1.29 is 9.59 Å². The third-order valence-corrected chi connectivity index (χ3v) is 6.00. The average Bonchev–Trinajstić information content (AvgIpc) is 2.92. The predicted molar refractivity (Wildman–Crippen MR) is 159 cm³/mol. The number of carbonyl (C=O) groups is 2. The number of para-hydroxylation sites is 2. The maximum atomic E-state index is 13.5. The lowest BCUT2D eigenvalue weighted by Gasteiger charge is -2.44. The van der Waals surface area contributed by atoms with Gasteiger partial charge in [-0.3, -0.25) is 9.59 Å². The highest BCUT2D eigenvalue weighted by molar-refractivity contribution is 7.79. The summed E-state index contributed by atoms with van der Waals surface area (Å²) < 4.78 is 0. The SMILES string of the molecule is C/C=C\C=C(/CC)C(=O)N1c2ccccc2C(N(C(=O)CCC)c2ccccc2)CC1C.CC.CS. The van der Waals surface area contributed by atoms with E-state index in [4.69, 9.17) is 0 Å².